The van der Waals surface area contributed by atoms with E-state index in [1.807, 2.05) is 36.4 Å². The Bertz CT molecular complexity index is 1280. The Morgan fingerprint density at radius 2 is 2.00 bits per heavy atom. The van der Waals surface area contributed by atoms with Crippen LogP contribution in [0.1, 0.15) is 18.7 Å². The highest BCUT2D eigenvalue weighted by molar-refractivity contribution is 5.82. The Morgan fingerprint density at radius 3 is 2.90 bits per heavy atom. The molecule has 1 N–H and O–H groups in total. The molecule has 1 aliphatic heterocycles. The molecule has 0 bridgehead atoms. The van der Waals surface area contributed by atoms with Gasteiger partial charge in [-0.15, -0.1) is 0 Å². The summed E-state index contributed by atoms with van der Waals surface area (Å²) >= 11 is 0. The third-order valence-electron chi connectivity index (χ3n) is 5.88. The molecule has 0 saturated carbocycles. The minimum atomic E-state index is -0.0989. The number of hydrogen-bond donors (Lipinski definition) is 1. The van der Waals surface area contributed by atoms with E-state index in [1.165, 1.54) is 6.07 Å². The maximum absolute atomic E-state index is 11.5. The van der Waals surface area contributed by atoms with Gasteiger partial charge in [-0.3, -0.25) is 9.69 Å². The number of imidazole rings is 1. The molecule has 0 unspecified atom stereocenters. The zero-order valence-corrected chi connectivity index (χ0v) is 17.6. The molecule has 3 heterocycles. The average Bonchev–Trinajstić information content (AvgIpc) is 3.16. The molecule has 2 aromatic heterocycles. The van der Waals surface area contributed by atoms with Crippen LogP contribution in [0.15, 0.2) is 53.3 Å². The maximum atomic E-state index is 11.5. The van der Waals surface area contributed by atoms with Crippen molar-refractivity contribution >= 4 is 21.9 Å². The molecular weight excluding hydrogens is 392 g/mol. The van der Waals surface area contributed by atoms with Gasteiger partial charge in [-0.05, 0) is 55.1 Å². The van der Waals surface area contributed by atoms with E-state index in [-0.39, 0.29) is 5.56 Å². The van der Waals surface area contributed by atoms with Crippen molar-refractivity contribution in [1.29, 1.82) is 0 Å². The quantitative estimate of drug-likeness (QED) is 0.465. The van der Waals surface area contributed by atoms with Crippen molar-refractivity contribution in [2.24, 2.45) is 0 Å². The van der Waals surface area contributed by atoms with Crippen molar-refractivity contribution in [2.45, 2.75) is 25.9 Å². The average molecular weight is 418 g/mol. The summed E-state index contributed by atoms with van der Waals surface area (Å²) in [5.41, 5.74) is 2.81. The predicted octanol–water partition coefficient (Wildman–Crippen LogP) is 3.56. The minimum Gasteiger partial charge on any atom is -0.494 e. The Balaban J connectivity index is 1.13. The van der Waals surface area contributed by atoms with Crippen LogP contribution in [0.3, 0.4) is 0 Å². The number of aromatic nitrogens is 3. The Morgan fingerprint density at radius 1 is 1.10 bits per heavy atom. The Hall–Kier alpha value is -3.32. The molecule has 7 heteroatoms. The molecule has 1 aliphatic rings. The van der Waals surface area contributed by atoms with Gasteiger partial charge in [0.15, 0.2) is 0 Å². The number of nitrogens with one attached hydrogen (secondary N) is 1. The van der Waals surface area contributed by atoms with Crippen molar-refractivity contribution in [1.82, 2.24) is 19.4 Å². The van der Waals surface area contributed by atoms with Gasteiger partial charge >= 0.3 is 0 Å². The first kappa shape index (κ1) is 19.6. The molecule has 0 amide bonds. The SMILES string of the molecule is COc1cccc2c1nc1n2CCN(CCCCOc2ccc3ccc(=O)[nH]c3c2)C1. The number of benzene rings is 2. The van der Waals surface area contributed by atoms with Crippen molar-refractivity contribution in [3.8, 4) is 11.5 Å². The predicted molar refractivity (Wildman–Crippen MR) is 121 cm³/mol. The third-order valence-corrected chi connectivity index (χ3v) is 5.88. The second-order valence-electron chi connectivity index (χ2n) is 7.91. The van der Waals surface area contributed by atoms with Gasteiger partial charge in [-0.2, -0.15) is 0 Å². The molecule has 31 heavy (non-hydrogen) atoms. The van der Waals surface area contributed by atoms with E-state index in [4.69, 9.17) is 14.5 Å². The smallest absolute Gasteiger partial charge is 0.248 e. The van der Waals surface area contributed by atoms with Crippen LogP contribution in [0, 0.1) is 0 Å². The standard InChI is InChI=1S/C24H26N4O3/c1-30-21-6-4-5-20-24(21)26-22-16-27(12-13-28(20)22)11-2-3-14-31-18-9-7-17-8-10-23(29)25-19(17)15-18/h4-10,15H,2-3,11-14,16H2,1H3,(H,25,29). The van der Waals surface area contributed by atoms with Gasteiger partial charge in [0, 0.05) is 25.2 Å². The number of pyridine rings is 1. The van der Waals surface area contributed by atoms with Crippen LogP contribution in [0.25, 0.3) is 21.9 Å². The minimum absolute atomic E-state index is 0.0989. The van der Waals surface area contributed by atoms with E-state index >= 15 is 0 Å². The second kappa shape index (κ2) is 8.43. The lowest BCUT2D eigenvalue weighted by molar-refractivity contribution is 0.207. The molecule has 0 fully saturated rings. The molecule has 2 aromatic carbocycles. The highest BCUT2D eigenvalue weighted by Gasteiger charge is 2.21. The summed E-state index contributed by atoms with van der Waals surface area (Å²) in [6.45, 7) is 4.51. The first-order valence-corrected chi connectivity index (χ1v) is 10.7. The fourth-order valence-electron chi connectivity index (χ4n) is 4.26. The lowest BCUT2D eigenvalue weighted by Gasteiger charge is -2.27. The fraction of sp³-hybridized carbons (Fsp3) is 0.333. The molecule has 4 aromatic rings. The van der Waals surface area contributed by atoms with E-state index in [1.54, 1.807) is 7.11 Å². The lowest BCUT2D eigenvalue weighted by atomic mass is 10.2. The molecule has 0 radical (unpaired) electrons. The molecule has 0 atom stereocenters. The maximum Gasteiger partial charge on any atom is 0.248 e. The van der Waals surface area contributed by atoms with Gasteiger partial charge < -0.3 is 19.0 Å². The third kappa shape index (κ3) is 4.01. The van der Waals surface area contributed by atoms with Gasteiger partial charge in [0.25, 0.3) is 0 Å². The highest BCUT2D eigenvalue weighted by Crippen LogP contribution is 2.28. The number of hydrogen-bond acceptors (Lipinski definition) is 5. The topological polar surface area (TPSA) is 72.4 Å². The van der Waals surface area contributed by atoms with Gasteiger partial charge in [0.05, 0.1) is 31.3 Å². The lowest BCUT2D eigenvalue weighted by Crippen LogP contribution is -2.34. The summed E-state index contributed by atoms with van der Waals surface area (Å²) in [7, 11) is 1.69. The van der Waals surface area contributed by atoms with Crippen LogP contribution in [0.5, 0.6) is 11.5 Å². The van der Waals surface area contributed by atoms with Crippen LogP contribution in [-0.2, 0) is 13.1 Å². The number of ether oxygens (including phenoxy) is 2. The largest absolute Gasteiger partial charge is 0.494 e. The van der Waals surface area contributed by atoms with E-state index in [9.17, 15) is 4.79 Å². The molecular formula is C24H26N4O3. The van der Waals surface area contributed by atoms with E-state index < -0.39 is 0 Å². The van der Waals surface area contributed by atoms with Crippen molar-refractivity contribution in [2.75, 3.05) is 26.8 Å². The Kier molecular flexibility index (Phi) is 5.34. The normalized spacial score (nSPS) is 14.1. The van der Waals surface area contributed by atoms with E-state index in [2.05, 4.69) is 20.5 Å². The number of aromatic amines is 1. The molecule has 160 valence electrons. The summed E-state index contributed by atoms with van der Waals surface area (Å²) in [5.74, 6) is 2.73. The van der Waals surface area contributed by atoms with Crippen molar-refractivity contribution < 1.29 is 9.47 Å². The molecule has 5 rings (SSSR count). The van der Waals surface area contributed by atoms with Gasteiger partial charge in [-0.1, -0.05) is 6.07 Å². The zero-order chi connectivity index (χ0) is 21.2. The number of para-hydroxylation sites is 1. The summed E-state index contributed by atoms with van der Waals surface area (Å²) in [4.78, 5) is 21.6. The number of rotatable bonds is 7. The number of methoxy groups -OCH3 is 1. The Labute approximate surface area is 180 Å². The first-order chi connectivity index (χ1) is 15.2. The van der Waals surface area contributed by atoms with Gasteiger partial charge in [0.2, 0.25) is 5.56 Å². The van der Waals surface area contributed by atoms with Crippen molar-refractivity contribution in [3.63, 3.8) is 0 Å². The highest BCUT2D eigenvalue weighted by atomic mass is 16.5. The monoisotopic (exact) mass is 418 g/mol. The van der Waals surface area contributed by atoms with Crippen LogP contribution >= 0.6 is 0 Å². The van der Waals surface area contributed by atoms with Gasteiger partial charge in [-0.25, -0.2) is 4.98 Å². The first-order valence-electron chi connectivity index (χ1n) is 10.7. The number of unbranched alkanes of at least 4 members (excludes halogenated alkanes) is 1. The van der Waals surface area contributed by atoms with Crippen LogP contribution in [-0.4, -0.2) is 46.2 Å². The molecule has 0 spiro atoms. The van der Waals surface area contributed by atoms with Crippen LogP contribution in [0.2, 0.25) is 0 Å². The van der Waals surface area contributed by atoms with Gasteiger partial charge in [0.1, 0.15) is 22.8 Å². The molecule has 0 aliphatic carbocycles. The second-order valence-corrected chi connectivity index (χ2v) is 7.91. The van der Waals surface area contributed by atoms with E-state index in [0.717, 1.165) is 78.3 Å². The van der Waals surface area contributed by atoms with Crippen LogP contribution in [0.4, 0.5) is 0 Å². The summed E-state index contributed by atoms with van der Waals surface area (Å²) < 4.78 is 13.7. The van der Waals surface area contributed by atoms with Crippen LogP contribution < -0.4 is 15.0 Å². The van der Waals surface area contributed by atoms with Crippen molar-refractivity contribution in [3.05, 3.63) is 64.7 Å². The van der Waals surface area contributed by atoms with E-state index in [0.29, 0.717) is 6.61 Å². The summed E-state index contributed by atoms with van der Waals surface area (Å²) in [6.07, 6.45) is 2.04. The molecule has 7 nitrogen and oxygen atoms in total. The zero-order valence-electron chi connectivity index (χ0n) is 17.6. The summed E-state index contributed by atoms with van der Waals surface area (Å²) in [6, 6.07) is 15.3. The number of nitrogens with zero attached hydrogens (tertiary/aromatic N) is 3. The fourth-order valence-corrected chi connectivity index (χ4v) is 4.26. The number of fused-ring (bicyclic) bond motifs is 4. The summed E-state index contributed by atoms with van der Waals surface area (Å²) in [5, 5.41) is 1.00. The number of H-pyrrole nitrogens is 1. The molecule has 0 saturated heterocycles.